The Kier molecular flexibility index (Phi) is 8.37. The van der Waals surface area contributed by atoms with Crippen LogP contribution in [-0.4, -0.2) is 23.0 Å². The third-order valence-corrected chi connectivity index (χ3v) is 23.7. The lowest BCUT2D eigenvalue weighted by atomic mass is 9.43. The topological polar surface area (TPSA) is 38.7 Å². The lowest BCUT2D eigenvalue weighted by Gasteiger charge is -2.61. The fourth-order valence-corrected chi connectivity index (χ4v) is 20.1. The van der Waals surface area contributed by atoms with E-state index in [-0.39, 0.29) is 16.2 Å². The van der Waals surface area contributed by atoms with Gasteiger partial charge in [0.05, 0.1) is 0 Å². The number of benzene rings is 8. The van der Waals surface area contributed by atoms with Gasteiger partial charge in [-0.05, 0) is 173 Å². The van der Waals surface area contributed by atoms with Gasteiger partial charge < -0.3 is 0 Å². The summed E-state index contributed by atoms with van der Waals surface area (Å²) in [5.74, 6) is 5.12. The van der Waals surface area contributed by atoms with Crippen molar-refractivity contribution in [3.8, 4) is 89.8 Å². The molecule has 4 saturated carbocycles. The van der Waals surface area contributed by atoms with E-state index in [1.165, 1.54) is 116 Å². The van der Waals surface area contributed by atoms with Crippen LogP contribution >= 0.6 is 0 Å². The Balaban J connectivity index is 0.906. The smallest absolute Gasteiger partial charge is 0.164 e. The summed E-state index contributed by atoms with van der Waals surface area (Å²) in [5, 5.41) is 3.13. The Morgan fingerprint density at radius 3 is 1.44 bits per heavy atom. The first kappa shape index (κ1) is 42.5. The SMILES string of the molecule is CC1(C)c2ccccc2-c2cc(-c3nc(-c4ccc5c(c4)-c4ccccc4C5(C)C)nc(-c4cccc5c4-c4ccc(-c6ccc7c(c6)[Si](C)(C)c6ccccc6-7)cc4C54C5CC6CC(C5)CC4C6)n3)ccc21. The third kappa shape index (κ3) is 5.53. The van der Waals surface area contributed by atoms with Crippen molar-refractivity contribution in [2.24, 2.45) is 23.7 Å². The molecule has 0 unspecified atom stereocenters. The predicted octanol–water partition coefficient (Wildman–Crippen LogP) is 15.7. The Labute approximate surface area is 430 Å². The molecule has 73 heavy (non-hydrogen) atoms. The van der Waals surface area contributed by atoms with Crippen molar-refractivity contribution in [1.82, 2.24) is 15.0 Å². The molecule has 1 aromatic heterocycles. The van der Waals surface area contributed by atoms with Crippen molar-refractivity contribution >= 4 is 18.4 Å². The van der Waals surface area contributed by atoms with Gasteiger partial charge in [0.2, 0.25) is 0 Å². The van der Waals surface area contributed by atoms with Crippen LogP contribution in [0.2, 0.25) is 13.1 Å². The molecule has 4 fully saturated rings. The molecule has 4 bridgehead atoms. The van der Waals surface area contributed by atoms with Crippen LogP contribution in [0.15, 0.2) is 164 Å². The molecule has 0 N–H and O–H groups in total. The van der Waals surface area contributed by atoms with E-state index in [1.54, 1.807) is 15.9 Å². The van der Waals surface area contributed by atoms with Gasteiger partial charge in [-0.25, -0.2) is 15.0 Å². The fourth-order valence-electron chi connectivity index (χ4n) is 17.0. The summed E-state index contributed by atoms with van der Waals surface area (Å²) in [6, 6.07) is 63.1. The number of aromatic nitrogens is 3. The molecule has 0 atom stereocenters. The number of rotatable bonds is 4. The molecule has 354 valence electrons. The molecule has 2 heterocycles. The zero-order valence-electron chi connectivity index (χ0n) is 42.8. The van der Waals surface area contributed by atoms with Gasteiger partial charge >= 0.3 is 0 Å². The maximum atomic E-state index is 5.63. The van der Waals surface area contributed by atoms with Crippen LogP contribution in [0.1, 0.15) is 93.2 Å². The summed E-state index contributed by atoms with van der Waals surface area (Å²) < 4.78 is 0. The van der Waals surface area contributed by atoms with E-state index in [0.29, 0.717) is 23.5 Å². The largest absolute Gasteiger partial charge is 0.208 e. The maximum Gasteiger partial charge on any atom is 0.164 e. The monoisotopic (exact) mass is 957 g/mol. The molecule has 0 saturated heterocycles. The van der Waals surface area contributed by atoms with E-state index in [4.69, 9.17) is 15.0 Å². The van der Waals surface area contributed by atoms with Gasteiger partial charge in [-0.3, -0.25) is 0 Å². The van der Waals surface area contributed by atoms with E-state index >= 15 is 0 Å². The summed E-state index contributed by atoms with van der Waals surface area (Å²) >= 11 is 0. The highest BCUT2D eigenvalue weighted by Gasteiger charge is 2.62. The first-order valence-electron chi connectivity index (χ1n) is 27.2. The van der Waals surface area contributed by atoms with Crippen molar-refractivity contribution in [2.75, 3.05) is 0 Å². The highest BCUT2D eigenvalue weighted by molar-refractivity contribution is 7.03. The van der Waals surface area contributed by atoms with Crippen molar-refractivity contribution in [3.05, 3.63) is 197 Å². The molecule has 4 heteroatoms. The Morgan fingerprint density at radius 1 is 0.356 bits per heavy atom. The molecule has 0 radical (unpaired) electrons. The van der Waals surface area contributed by atoms with Crippen molar-refractivity contribution in [2.45, 2.75) is 89.1 Å². The molecule has 0 amide bonds. The van der Waals surface area contributed by atoms with Crippen molar-refractivity contribution in [1.29, 1.82) is 0 Å². The van der Waals surface area contributed by atoms with Crippen LogP contribution in [0.25, 0.3) is 89.8 Å². The standard InChI is InChI=1S/C69H59N3Si/c1-67(2)55-18-10-7-14-47(55)53-35-43(24-28-57(53)67)64-70-65(44-25-29-58-54(36-44)48-15-8-11-19-56(48)68(58,3)4)72-66(71-64)52-17-13-20-59-63(52)51-27-23-41(37-60(51)69(59)45-31-39-30-40(33-45)34-46(69)32-39)42-22-26-50-49-16-9-12-21-61(49)73(5,6)62(50)38-42/h7-29,35-40,45-46H,30-34H2,1-6H3. The minimum Gasteiger partial charge on any atom is -0.208 e. The summed E-state index contributed by atoms with van der Waals surface area (Å²) in [4.78, 5) is 16.8. The second-order valence-electron chi connectivity index (χ2n) is 24.8. The number of hydrogen-bond donors (Lipinski definition) is 0. The van der Waals surface area contributed by atoms with Crippen molar-refractivity contribution in [3.63, 3.8) is 0 Å². The molecule has 8 aromatic carbocycles. The minimum absolute atomic E-state index is 0.0376. The molecule has 7 aliphatic carbocycles. The zero-order valence-corrected chi connectivity index (χ0v) is 43.8. The van der Waals surface area contributed by atoms with E-state index in [1.807, 2.05) is 0 Å². The van der Waals surface area contributed by atoms with Gasteiger partial charge in [-0.1, -0.05) is 186 Å². The van der Waals surface area contributed by atoms with Gasteiger partial charge in [0, 0.05) is 32.9 Å². The van der Waals surface area contributed by atoms with Gasteiger partial charge in [-0.2, -0.15) is 0 Å². The van der Waals surface area contributed by atoms with Crippen LogP contribution in [0.5, 0.6) is 0 Å². The first-order valence-corrected chi connectivity index (χ1v) is 30.2. The van der Waals surface area contributed by atoms with Gasteiger partial charge in [0.25, 0.3) is 0 Å². The summed E-state index contributed by atoms with van der Waals surface area (Å²) in [7, 11) is -1.86. The van der Waals surface area contributed by atoms with Crippen LogP contribution in [-0.2, 0) is 16.2 Å². The van der Waals surface area contributed by atoms with Gasteiger partial charge in [0.15, 0.2) is 17.5 Å². The lowest BCUT2D eigenvalue weighted by molar-refractivity contribution is -0.0399. The molecular weight excluding hydrogens is 899 g/mol. The second kappa shape index (κ2) is 14.4. The van der Waals surface area contributed by atoms with E-state index < -0.39 is 8.07 Å². The van der Waals surface area contributed by atoms with Crippen LogP contribution in [0, 0.1) is 23.7 Å². The molecule has 1 aliphatic heterocycles. The van der Waals surface area contributed by atoms with Gasteiger partial charge in [0.1, 0.15) is 8.07 Å². The summed E-state index contributed by atoms with van der Waals surface area (Å²) in [6.45, 7) is 14.5. The number of nitrogens with zero attached hydrogens (tertiary/aromatic N) is 3. The predicted molar refractivity (Wildman–Crippen MR) is 302 cm³/mol. The molecule has 3 nitrogen and oxygen atoms in total. The first-order chi connectivity index (χ1) is 35.4. The minimum atomic E-state index is -1.86. The fraction of sp³-hybridized carbons (Fsp3) is 0.261. The third-order valence-electron chi connectivity index (χ3n) is 20.1. The summed E-state index contributed by atoms with van der Waals surface area (Å²) in [5.41, 5.74) is 24.8. The van der Waals surface area contributed by atoms with Crippen LogP contribution in [0.4, 0.5) is 0 Å². The molecule has 17 rings (SSSR count). The van der Waals surface area contributed by atoms with Crippen LogP contribution < -0.4 is 10.4 Å². The van der Waals surface area contributed by atoms with E-state index in [0.717, 1.165) is 34.4 Å². The Morgan fingerprint density at radius 2 is 0.822 bits per heavy atom. The summed E-state index contributed by atoms with van der Waals surface area (Å²) in [6.07, 6.45) is 6.73. The lowest BCUT2D eigenvalue weighted by Crippen LogP contribution is -2.55. The maximum absolute atomic E-state index is 5.63. The molecule has 1 spiro atoms. The zero-order chi connectivity index (χ0) is 48.9. The average Bonchev–Trinajstić information content (AvgIpc) is 4.09. The number of hydrogen-bond acceptors (Lipinski definition) is 3. The van der Waals surface area contributed by atoms with Crippen molar-refractivity contribution < 1.29 is 0 Å². The molecular formula is C69H59N3Si. The molecule has 8 aliphatic rings. The number of fused-ring (bicyclic) bond motifs is 12. The highest BCUT2D eigenvalue weighted by atomic mass is 28.3. The average molecular weight is 958 g/mol. The highest BCUT2D eigenvalue weighted by Crippen LogP contribution is 2.70. The van der Waals surface area contributed by atoms with E-state index in [2.05, 4.69) is 205 Å². The molecule has 9 aromatic rings. The quantitative estimate of drug-likeness (QED) is 0.165. The van der Waals surface area contributed by atoms with Crippen LogP contribution in [0.3, 0.4) is 0 Å². The Bertz CT molecular complexity index is 3770. The normalized spacial score (nSPS) is 23.6. The second-order valence-corrected chi connectivity index (χ2v) is 29.1. The van der Waals surface area contributed by atoms with Gasteiger partial charge in [-0.15, -0.1) is 0 Å². The Hall–Kier alpha value is -7.01. The van der Waals surface area contributed by atoms with E-state index in [9.17, 15) is 0 Å².